The minimum atomic E-state index is -0.219. The average Bonchev–Trinajstić information content (AvgIpc) is 2.57. The van der Waals surface area contributed by atoms with E-state index >= 15 is 0 Å². The normalized spacial score (nSPS) is 12.7. The van der Waals surface area contributed by atoms with Gasteiger partial charge in [0.2, 0.25) is 5.91 Å². The number of likely N-dealkylation sites (N-methyl/N-ethyl adjacent to an activating group) is 1. The molecule has 0 bridgehead atoms. The third-order valence-electron chi connectivity index (χ3n) is 3.94. The molecule has 0 radical (unpaired) electrons. The highest BCUT2D eigenvalue weighted by Gasteiger charge is 2.19. The molecule has 0 saturated heterocycles. The highest BCUT2D eigenvalue weighted by molar-refractivity contribution is 5.85. The number of rotatable bonds is 10. The Morgan fingerprint density at radius 1 is 1.21 bits per heavy atom. The number of nitrogens with one attached hydrogen (secondary N) is 1. The van der Waals surface area contributed by atoms with Crippen molar-refractivity contribution in [1.82, 2.24) is 10.2 Å². The van der Waals surface area contributed by atoms with Crippen LogP contribution in [0.1, 0.15) is 31.9 Å². The van der Waals surface area contributed by atoms with Gasteiger partial charge in [-0.25, -0.2) is 0 Å². The van der Waals surface area contributed by atoms with E-state index in [1.165, 1.54) is 5.56 Å². The zero-order valence-electron chi connectivity index (χ0n) is 14.7. The van der Waals surface area contributed by atoms with Crippen LogP contribution in [-0.4, -0.2) is 50.2 Å². The predicted molar refractivity (Wildman–Crippen MR) is 104 cm³/mol. The zero-order valence-corrected chi connectivity index (χ0v) is 16.4. The van der Waals surface area contributed by atoms with Crippen molar-refractivity contribution < 1.29 is 9.53 Å². The topological polar surface area (TPSA) is 67.6 Å². The number of halogens is 2. The number of methoxy groups -OCH3 is 1. The fourth-order valence-electron chi connectivity index (χ4n) is 2.55. The number of benzene rings is 1. The lowest BCUT2D eigenvalue weighted by Gasteiger charge is -2.30. The number of carbonyl (C=O) groups excluding carboxylic acids is 1. The number of hydrogen-bond acceptors (Lipinski definition) is 4. The predicted octanol–water partition coefficient (Wildman–Crippen LogP) is 2.39. The number of carbonyl (C=O) groups is 1. The Hall–Kier alpha value is -0.850. The van der Waals surface area contributed by atoms with Crippen LogP contribution in [0.5, 0.6) is 0 Å². The molecule has 5 nitrogen and oxygen atoms in total. The van der Waals surface area contributed by atoms with E-state index in [0.717, 1.165) is 13.1 Å². The Bertz CT molecular complexity index is 427. The van der Waals surface area contributed by atoms with Crippen LogP contribution in [0.4, 0.5) is 0 Å². The highest BCUT2D eigenvalue weighted by atomic mass is 35.5. The first-order valence-electron chi connectivity index (χ1n) is 7.94. The van der Waals surface area contributed by atoms with E-state index in [1.807, 2.05) is 18.2 Å². The lowest BCUT2D eigenvalue weighted by Crippen LogP contribution is -2.39. The van der Waals surface area contributed by atoms with E-state index in [-0.39, 0.29) is 42.9 Å². The van der Waals surface area contributed by atoms with E-state index in [9.17, 15) is 4.79 Å². The van der Waals surface area contributed by atoms with Crippen LogP contribution < -0.4 is 11.1 Å². The molecule has 0 aliphatic carbocycles. The van der Waals surface area contributed by atoms with Crippen molar-refractivity contribution in [3.8, 4) is 0 Å². The summed E-state index contributed by atoms with van der Waals surface area (Å²) in [6.45, 7) is 7.09. The first kappa shape index (κ1) is 25.4. The van der Waals surface area contributed by atoms with Crippen molar-refractivity contribution >= 4 is 30.7 Å². The number of nitrogens with two attached hydrogens (primary N) is 1. The molecule has 0 spiro atoms. The molecule has 0 aromatic heterocycles. The summed E-state index contributed by atoms with van der Waals surface area (Å²) in [5.41, 5.74) is 6.77. The lowest BCUT2D eigenvalue weighted by molar-refractivity contribution is -0.123. The molecule has 3 N–H and O–H groups in total. The molecule has 0 saturated carbocycles. The molecule has 1 aromatic carbocycles. The van der Waals surface area contributed by atoms with E-state index in [1.54, 1.807) is 7.11 Å². The summed E-state index contributed by atoms with van der Waals surface area (Å²) in [5.74, 6) is -0.0228. The van der Waals surface area contributed by atoms with Crippen LogP contribution >= 0.6 is 24.8 Å². The molecule has 2 unspecified atom stereocenters. The molecule has 1 aromatic rings. The minimum absolute atomic E-state index is 0. The van der Waals surface area contributed by atoms with Gasteiger partial charge in [0, 0.05) is 20.2 Å². The summed E-state index contributed by atoms with van der Waals surface area (Å²) in [6.07, 6.45) is 0.0795. The summed E-state index contributed by atoms with van der Waals surface area (Å²) >= 11 is 0. The van der Waals surface area contributed by atoms with Crippen LogP contribution in [0.25, 0.3) is 0 Å². The van der Waals surface area contributed by atoms with Gasteiger partial charge in [0.25, 0.3) is 0 Å². The van der Waals surface area contributed by atoms with Crippen LogP contribution in [0.2, 0.25) is 0 Å². The van der Waals surface area contributed by atoms with Gasteiger partial charge < -0.3 is 15.8 Å². The molecule has 0 aliphatic heterocycles. The maximum Gasteiger partial charge on any atom is 0.222 e. The molecule has 2 atom stereocenters. The van der Waals surface area contributed by atoms with Gasteiger partial charge in [-0.3, -0.25) is 9.69 Å². The third kappa shape index (κ3) is 8.31. The maximum atomic E-state index is 12.0. The van der Waals surface area contributed by atoms with Crippen LogP contribution in [-0.2, 0) is 9.53 Å². The van der Waals surface area contributed by atoms with E-state index in [2.05, 4.69) is 36.2 Å². The number of nitrogens with zero attached hydrogens (tertiary/aromatic N) is 1. The Morgan fingerprint density at radius 3 is 2.25 bits per heavy atom. The lowest BCUT2D eigenvalue weighted by atomic mass is 10.0. The Morgan fingerprint density at radius 2 is 1.79 bits per heavy atom. The largest absolute Gasteiger partial charge is 0.380 e. The van der Waals surface area contributed by atoms with Gasteiger partial charge in [-0.05, 0) is 18.7 Å². The molecule has 24 heavy (non-hydrogen) atoms. The summed E-state index contributed by atoms with van der Waals surface area (Å²) in [4.78, 5) is 14.4. The fourth-order valence-corrected chi connectivity index (χ4v) is 2.55. The number of amides is 1. The van der Waals surface area contributed by atoms with E-state index in [4.69, 9.17) is 10.5 Å². The second-order valence-corrected chi connectivity index (χ2v) is 5.25. The second-order valence-electron chi connectivity index (χ2n) is 5.25. The molecule has 1 amide bonds. The van der Waals surface area contributed by atoms with Crippen LogP contribution in [0, 0.1) is 0 Å². The fraction of sp³-hybridized carbons (Fsp3) is 0.588. The van der Waals surface area contributed by atoms with Crippen LogP contribution in [0.15, 0.2) is 30.3 Å². The molecule has 0 heterocycles. The van der Waals surface area contributed by atoms with Crippen molar-refractivity contribution in [2.24, 2.45) is 5.73 Å². The van der Waals surface area contributed by atoms with Gasteiger partial charge >= 0.3 is 0 Å². The van der Waals surface area contributed by atoms with Crippen LogP contribution in [0.3, 0.4) is 0 Å². The van der Waals surface area contributed by atoms with Crippen molar-refractivity contribution in [3.05, 3.63) is 35.9 Å². The van der Waals surface area contributed by atoms with Gasteiger partial charge in [-0.15, -0.1) is 24.8 Å². The van der Waals surface area contributed by atoms with Crippen molar-refractivity contribution in [1.29, 1.82) is 0 Å². The molecular formula is C17H31Cl2N3O2. The Kier molecular flexibility index (Phi) is 15.3. The van der Waals surface area contributed by atoms with Gasteiger partial charge in [0.1, 0.15) is 0 Å². The summed E-state index contributed by atoms with van der Waals surface area (Å²) in [6, 6.07) is 10.5. The third-order valence-corrected chi connectivity index (χ3v) is 3.94. The van der Waals surface area contributed by atoms with Gasteiger partial charge in [-0.2, -0.15) is 0 Å². The summed E-state index contributed by atoms with van der Waals surface area (Å²) in [7, 11) is 1.58. The molecule has 1 rings (SSSR count). The highest BCUT2D eigenvalue weighted by Crippen LogP contribution is 2.19. The minimum Gasteiger partial charge on any atom is -0.380 e. The van der Waals surface area contributed by atoms with Crippen molar-refractivity contribution in [2.45, 2.75) is 32.4 Å². The van der Waals surface area contributed by atoms with Crippen molar-refractivity contribution in [2.75, 3.05) is 33.3 Å². The maximum absolute atomic E-state index is 12.0. The van der Waals surface area contributed by atoms with Gasteiger partial charge in [-0.1, -0.05) is 44.2 Å². The number of hydrogen-bond donors (Lipinski definition) is 2. The standard InChI is InChI=1S/C17H29N3O2.2ClH/c1-4-20(5-2)16(14-9-7-6-8-10-14)13-19-17(21)11-15(12-18)22-3;;/h6-10,15-16H,4-5,11-13,18H2,1-3H3,(H,19,21);2*1H. The monoisotopic (exact) mass is 379 g/mol. The Labute approximate surface area is 158 Å². The first-order chi connectivity index (χ1) is 10.7. The molecule has 0 fully saturated rings. The molecule has 7 heteroatoms. The van der Waals surface area contributed by atoms with E-state index < -0.39 is 0 Å². The second kappa shape index (κ2) is 14.5. The van der Waals surface area contributed by atoms with E-state index in [0.29, 0.717) is 19.5 Å². The molecule has 0 aliphatic rings. The Balaban J connectivity index is 0. The molecule has 140 valence electrons. The average molecular weight is 380 g/mol. The summed E-state index contributed by atoms with van der Waals surface area (Å²) < 4.78 is 5.16. The van der Waals surface area contributed by atoms with Crippen molar-refractivity contribution in [3.63, 3.8) is 0 Å². The first-order valence-corrected chi connectivity index (χ1v) is 7.94. The zero-order chi connectivity index (χ0) is 16.4. The SMILES string of the molecule is CCN(CC)C(CNC(=O)CC(CN)OC)c1ccccc1.Cl.Cl. The van der Waals surface area contributed by atoms with Gasteiger partial charge in [0.05, 0.1) is 18.6 Å². The number of ether oxygens (including phenoxy) is 1. The smallest absolute Gasteiger partial charge is 0.222 e. The summed E-state index contributed by atoms with van der Waals surface area (Å²) in [5, 5.41) is 3.01. The quantitative estimate of drug-likeness (QED) is 0.654. The molecular weight excluding hydrogens is 349 g/mol. The van der Waals surface area contributed by atoms with Gasteiger partial charge in [0.15, 0.2) is 0 Å².